The molecule has 2 aromatic heterocycles. The largest absolute Gasteiger partial charge is 0.506 e. The third-order valence-corrected chi connectivity index (χ3v) is 2.11. The van der Waals surface area contributed by atoms with Crippen LogP contribution in [-0.2, 0) is 0 Å². The van der Waals surface area contributed by atoms with E-state index in [0.717, 1.165) is 0 Å². The fourth-order valence-corrected chi connectivity index (χ4v) is 1.29. The molecule has 2 aromatic rings. The average molecular weight is 181 g/mol. The van der Waals surface area contributed by atoms with Gasteiger partial charge in [-0.05, 0) is 6.26 Å². The van der Waals surface area contributed by atoms with Crippen LogP contribution < -0.4 is 0 Å². The number of rotatable bonds is 1. The zero-order chi connectivity index (χ0) is 8.55. The predicted octanol–water partition coefficient (Wildman–Crippen LogP) is 1.16. The molecule has 12 heavy (non-hydrogen) atoms. The van der Waals surface area contributed by atoms with Crippen molar-refractivity contribution in [2.24, 2.45) is 0 Å². The Bertz CT molecular complexity index is 412. The van der Waals surface area contributed by atoms with Crippen LogP contribution in [0.25, 0.3) is 5.52 Å². The van der Waals surface area contributed by atoms with Gasteiger partial charge in [0.25, 0.3) is 0 Å². The summed E-state index contributed by atoms with van der Waals surface area (Å²) in [5.41, 5.74) is 0.632. The smallest absolute Gasteiger partial charge is 0.207 e. The molecule has 0 unspecified atom stereocenters. The minimum atomic E-state index is 0.211. The van der Waals surface area contributed by atoms with Crippen molar-refractivity contribution in [2.45, 2.75) is 5.16 Å². The van der Waals surface area contributed by atoms with E-state index in [-0.39, 0.29) is 5.75 Å². The van der Waals surface area contributed by atoms with Crippen LogP contribution in [0.1, 0.15) is 0 Å². The van der Waals surface area contributed by atoms with E-state index < -0.39 is 0 Å². The maximum Gasteiger partial charge on any atom is 0.207 e. The van der Waals surface area contributed by atoms with Gasteiger partial charge >= 0.3 is 0 Å². The Balaban J connectivity index is 2.69. The molecule has 0 aliphatic heterocycles. The van der Waals surface area contributed by atoms with E-state index in [4.69, 9.17) is 0 Å². The van der Waals surface area contributed by atoms with E-state index in [9.17, 15) is 5.11 Å². The highest BCUT2D eigenvalue weighted by Crippen LogP contribution is 2.18. The van der Waals surface area contributed by atoms with Gasteiger partial charge in [0.1, 0.15) is 11.3 Å². The molecule has 0 radical (unpaired) electrons. The lowest BCUT2D eigenvalue weighted by Gasteiger charge is -1.95. The zero-order valence-electron chi connectivity index (χ0n) is 6.43. The Morgan fingerprint density at radius 2 is 2.42 bits per heavy atom. The van der Waals surface area contributed by atoms with Crippen LogP contribution in [0, 0.1) is 0 Å². The monoisotopic (exact) mass is 181 g/mol. The first-order valence-electron chi connectivity index (χ1n) is 3.38. The van der Waals surface area contributed by atoms with Gasteiger partial charge in [0, 0.05) is 12.3 Å². The number of aromatic hydroxyl groups is 1. The van der Waals surface area contributed by atoms with Gasteiger partial charge < -0.3 is 5.11 Å². The molecule has 5 heteroatoms. The number of thioether (sulfide) groups is 1. The second-order valence-corrected chi connectivity index (χ2v) is 3.05. The lowest BCUT2D eigenvalue weighted by molar-refractivity contribution is 0.481. The molecule has 1 N–H and O–H groups in total. The summed E-state index contributed by atoms with van der Waals surface area (Å²) in [5, 5.41) is 14.1. The molecule has 0 saturated heterocycles. The van der Waals surface area contributed by atoms with Crippen molar-refractivity contribution < 1.29 is 5.11 Å². The van der Waals surface area contributed by atoms with Crippen LogP contribution in [0.15, 0.2) is 23.6 Å². The van der Waals surface area contributed by atoms with Crippen LogP contribution in [0.4, 0.5) is 0 Å². The first-order chi connectivity index (χ1) is 5.81. The van der Waals surface area contributed by atoms with E-state index in [1.54, 1.807) is 23.0 Å². The fourth-order valence-electron chi connectivity index (χ4n) is 0.965. The average Bonchev–Trinajstić information content (AvgIpc) is 2.47. The topological polar surface area (TPSA) is 50.4 Å². The SMILES string of the molecule is CSc1ncc2c(O)ccn2n1. The summed E-state index contributed by atoms with van der Waals surface area (Å²) in [6.07, 6.45) is 5.21. The summed E-state index contributed by atoms with van der Waals surface area (Å²) in [6.45, 7) is 0. The molecule has 62 valence electrons. The molecule has 0 aromatic carbocycles. The molecular weight excluding hydrogens is 174 g/mol. The fraction of sp³-hybridized carbons (Fsp3) is 0.143. The Kier molecular flexibility index (Phi) is 1.65. The number of nitrogens with zero attached hydrogens (tertiary/aromatic N) is 3. The summed E-state index contributed by atoms with van der Waals surface area (Å²) < 4.78 is 1.61. The molecule has 0 saturated carbocycles. The van der Waals surface area contributed by atoms with Crippen molar-refractivity contribution in [1.29, 1.82) is 0 Å². The van der Waals surface area contributed by atoms with Crippen LogP contribution >= 0.6 is 11.8 Å². The van der Waals surface area contributed by atoms with Crippen LogP contribution in [0.3, 0.4) is 0 Å². The van der Waals surface area contributed by atoms with Crippen molar-refractivity contribution in [3.63, 3.8) is 0 Å². The second-order valence-electron chi connectivity index (χ2n) is 2.28. The molecule has 0 fully saturated rings. The highest BCUT2D eigenvalue weighted by atomic mass is 32.2. The standard InChI is InChI=1S/C7H7N3OS/c1-12-7-8-4-5-6(11)2-3-10(5)9-7/h2-4,11H,1H3. The highest BCUT2D eigenvalue weighted by Gasteiger charge is 2.02. The zero-order valence-corrected chi connectivity index (χ0v) is 7.25. The van der Waals surface area contributed by atoms with E-state index in [0.29, 0.717) is 10.7 Å². The van der Waals surface area contributed by atoms with Crippen molar-refractivity contribution in [1.82, 2.24) is 14.6 Å². The van der Waals surface area contributed by atoms with Crippen molar-refractivity contribution in [3.8, 4) is 5.75 Å². The molecule has 0 spiro atoms. The molecule has 2 heterocycles. The normalized spacial score (nSPS) is 10.8. The predicted molar refractivity (Wildman–Crippen MR) is 46.4 cm³/mol. The van der Waals surface area contributed by atoms with E-state index >= 15 is 0 Å². The summed E-state index contributed by atoms with van der Waals surface area (Å²) in [5.74, 6) is 0.211. The van der Waals surface area contributed by atoms with Crippen molar-refractivity contribution in [3.05, 3.63) is 18.5 Å². The van der Waals surface area contributed by atoms with Gasteiger partial charge in [-0.3, -0.25) is 0 Å². The van der Waals surface area contributed by atoms with E-state index in [1.807, 2.05) is 6.26 Å². The van der Waals surface area contributed by atoms with Gasteiger partial charge in [0.15, 0.2) is 0 Å². The van der Waals surface area contributed by atoms with Crippen LogP contribution in [0.2, 0.25) is 0 Å². The minimum absolute atomic E-state index is 0.211. The van der Waals surface area contributed by atoms with Gasteiger partial charge in [-0.25, -0.2) is 9.50 Å². The Morgan fingerprint density at radius 3 is 3.17 bits per heavy atom. The minimum Gasteiger partial charge on any atom is -0.506 e. The van der Waals surface area contributed by atoms with Gasteiger partial charge in [0.05, 0.1) is 6.20 Å². The molecule has 0 atom stereocenters. The molecule has 0 aliphatic rings. The summed E-state index contributed by atoms with van der Waals surface area (Å²) in [6, 6.07) is 1.59. The lowest BCUT2D eigenvalue weighted by Crippen LogP contribution is -1.93. The molecule has 4 nitrogen and oxygen atoms in total. The molecule has 2 rings (SSSR count). The number of aromatic nitrogens is 3. The highest BCUT2D eigenvalue weighted by molar-refractivity contribution is 7.98. The number of fused-ring (bicyclic) bond motifs is 1. The lowest BCUT2D eigenvalue weighted by atomic mass is 10.5. The Labute approximate surface area is 73.2 Å². The van der Waals surface area contributed by atoms with E-state index in [2.05, 4.69) is 10.1 Å². The molecular formula is C7H7N3OS. The maximum absolute atomic E-state index is 9.27. The van der Waals surface area contributed by atoms with Gasteiger partial charge in [-0.1, -0.05) is 11.8 Å². The third-order valence-electron chi connectivity index (χ3n) is 1.56. The van der Waals surface area contributed by atoms with Gasteiger partial charge in [0.2, 0.25) is 5.16 Å². The first kappa shape index (κ1) is 7.42. The molecule has 0 bridgehead atoms. The summed E-state index contributed by atoms with van der Waals surface area (Å²) >= 11 is 1.47. The Hall–Kier alpha value is -1.23. The number of hydrogen-bond donors (Lipinski definition) is 1. The van der Waals surface area contributed by atoms with Gasteiger partial charge in [-0.15, -0.1) is 5.10 Å². The maximum atomic E-state index is 9.27. The van der Waals surface area contributed by atoms with Gasteiger partial charge in [-0.2, -0.15) is 0 Å². The van der Waals surface area contributed by atoms with Crippen molar-refractivity contribution in [2.75, 3.05) is 6.26 Å². The number of hydrogen-bond acceptors (Lipinski definition) is 4. The first-order valence-corrected chi connectivity index (χ1v) is 4.61. The molecule has 0 amide bonds. The summed E-state index contributed by atoms with van der Waals surface area (Å²) in [4.78, 5) is 4.03. The van der Waals surface area contributed by atoms with Crippen LogP contribution in [0.5, 0.6) is 5.75 Å². The van der Waals surface area contributed by atoms with E-state index in [1.165, 1.54) is 11.8 Å². The van der Waals surface area contributed by atoms with Crippen molar-refractivity contribution >= 4 is 17.3 Å². The summed E-state index contributed by atoms with van der Waals surface area (Å²) in [7, 11) is 0. The van der Waals surface area contributed by atoms with Crippen LogP contribution in [-0.4, -0.2) is 26.0 Å². The second kappa shape index (κ2) is 2.67. The third kappa shape index (κ3) is 1.02. The molecule has 0 aliphatic carbocycles. The quantitative estimate of drug-likeness (QED) is 0.671. The Morgan fingerprint density at radius 1 is 1.58 bits per heavy atom.